The largest absolute Gasteiger partial charge is 0.373 e. The Bertz CT molecular complexity index is 1040. The van der Waals surface area contributed by atoms with E-state index in [0.29, 0.717) is 19.4 Å². The highest BCUT2D eigenvalue weighted by Crippen LogP contribution is 2.52. The summed E-state index contributed by atoms with van der Waals surface area (Å²) in [6, 6.07) is 10.6. The molecule has 4 aliphatic rings. The molecular weight excluding hydrogens is 392 g/mol. The SMILES string of the molecule is N#CC1(c2ccc(COC3CC4(C3)O[C@@H]3CC[C@@H](c5cnccn5)N3C4=O)cc2)CC1. The molecule has 7 nitrogen and oxygen atoms in total. The Morgan fingerprint density at radius 3 is 2.68 bits per heavy atom. The monoisotopic (exact) mass is 416 g/mol. The molecule has 7 heteroatoms. The van der Waals surface area contributed by atoms with Gasteiger partial charge < -0.3 is 14.4 Å². The first-order valence-corrected chi connectivity index (χ1v) is 11.0. The summed E-state index contributed by atoms with van der Waals surface area (Å²) in [5, 5.41) is 9.33. The zero-order chi connectivity index (χ0) is 21.1. The van der Waals surface area contributed by atoms with Crippen molar-refractivity contribution in [2.24, 2.45) is 0 Å². The Labute approximate surface area is 181 Å². The van der Waals surface area contributed by atoms with Crippen molar-refractivity contribution >= 4 is 5.91 Å². The number of aromatic nitrogens is 2. The minimum atomic E-state index is -0.731. The molecule has 0 N–H and O–H groups in total. The molecule has 2 aromatic rings. The van der Waals surface area contributed by atoms with Crippen molar-refractivity contribution in [1.82, 2.24) is 14.9 Å². The number of fused-ring (bicyclic) bond motifs is 1. The highest BCUT2D eigenvalue weighted by molar-refractivity contribution is 5.89. The fourth-order valence-electron chi connectivity index (χ4n) is 5.28. The van der Waals surface area contributed by atoms with E-state index in [4.69, 9.17) is 9.47 Å². The Balaban J connectivity index is 1.06. The second-order valence-electron chi connectivity index (χ2n) is 9.23. The van der Waals surface area contributed by atoms with E-state index in [-0.39, 0.29) is 29.7 Å². The quantitative estimate of drug-likeness (QED) is 0.744. The minimum absolute atomic E-state index is 0.0208. The third kappa shape index (κ3) is 2.97. The summed E-state index contributed by atoms with van der Waals surface area (Å²) in [6.07, 6.45) is 9.70. The summed E-state index contributed by atoms with van der Waals surface area (Å²) >= 11 is 0. The van der Waals surface area contributed by atoms with Gasteiger partial charge in [0, 0.05) is 25.2 Å². The van der Waals surface area contributed by atoms with Crippen molar-refractivity contribution in [2.45, 2.75) is 74.5 Å². The molecule has 4 fully saturated rings. The highest BCUT2D eigenvalue weighted by atomic mass is 16.6. The zero-order valence-corrected chi connectivity index (χ0v) is 17.2. The van der Waals surface area contributed by atoms with Crippen LogP contribution in [0, 0.1) is 11.3 Å². The van der Waals surface area contributed by atoms with Crippen LogP contribution < -0.4 is 0 Å². The first kappa shape index (κ1) is 18.9. The number of rotatable bonds is 5. The van der Waals surface area contributed by atoms with Gasteiger partial charge in [0.1, 0.15) is 6.23 Å². The highest BCUT2D eigenvalue weighted by Gasteiger charge is 2.63. The van der Waals surface area contributed by atoms with Crippen LogP contribution in [0.4, 0.5) is 0 Å². The summed E-state index contributed by atoms with van der Waals surface area (Å²) in [7, 11) is 0. The summed E-state index contributed by atoms with van der Waals surface area (Å²) in [4.78, 5) is 23.7. The van der Waals surface area contributed by atoms with E-state index in [1.165, 1.54) is 0 Å². The maximum absolute atomic E-state index is 13.2. The van der Waals surface area contributed by atoms with Crippen LogP contribution >= 0.6 is 0 Å². The zero-order valence-electron chi connectivity index (χ0n) is 17.2. The lowest BCUT2D eigenvalue weighted by molar-refractivity contribution is -0.177. The van der Waals surface area contributed by atoms with Gasteiger partial charge in [0.15, 0.2) is 5.60 Å². The predicted molar refractivity (Wildman–Crippen MR) is 109 cm³/mol. The number of ether oxygens (including phenoxy) is 2. The molecule has 1 aromatic heterocycles. The van der Waals surface area contributed by atoms with Crippen LogP contribution in [0.2, 0.25) is 0 Å². The van der Waals surface area contributed by atoms with Gasteiger partial charge in [0.2, 0.25) is 0 Å². The fourth-order valence-corrected chi connectivity index (χ4v) is 5.28. The van der Waals surface area contributed by atoms with Crippen molar-refractivity contribution in [3.8, 4) is 6.07 Å². The lowest BCUT2D eigenvalue weighted by atomic mass is 9.76. The van der Waals surface area contributed by atoms with Crippen molar-refractivity contribution < 1.29 is 14.3 Å². The van der Waals surface area contributed by atoms with E-state index in [9.17, 15) is 10.1 Å². The summed E-state index contributed by atoms with van der Waals surface area (Å²) in [6.45, 7) is 0.504. The first-order chi connectivity index (χ1) is 15.1. The molecule has 3 heterocycles. The van der Waals surface area contributed by atoms with Crippen LogP contribution in [0.1, 0.15) is 61.4 Å². The molecule has 2 aliphatic heterocycles. The molecule has 2 aliphatic carbocycles. The van der Waals surface area contributed by atoms with Gasteiger partial charge in [-0.2, -0.15) is 5.26 Å². The second kappa shape index (κ2) is 6.84. The maximum Gasteiger partial charge on any atom is 0.257 e. The van der Waals surface area contributed by atoms with Crippen LogP contribution in [0.3, 0.4) is 0 Å². The molecule has 2 saturated carbocycles. The van der Waals surface area contributed by atoms with Gasteiger partial charge in [0.05, 0.1) is 42.1 Å². The van der Waals surface area contributed by atoms with Crippen LogP contribution in [-0.2, 0) is 26.3 Å². The smallest absolute Gasteiger partial charge is 0.257 e. The third-order valence-corrected chi connectivity index (χ3v) is 7.31. The van der Waals surface area contributed by atoms with Crippen LogP contribution in [-0.4, -0.2) is 38.7 Å². The van der Waals surface area contributed by atoms with E-state index >= 15 is 0 Å². The topological polar surface area (TPSA) is 88.3 Å². The molecule has 6 rings (SSSR count). The number of carbonyl (C=O) groups is 1. The number of nitrogens with zero attached hydrogens (tertiary/aromatic N) is 4. The molecule has 2 atom stereocenters. The Morgan fingerprint density at radius 2 is 2.00 bits per heavy atom. The molecule has 0 unspecified atom stereocenters. The molecule has 0 bridgehead atoms. The third-order valence-electron chi connectivity index (χ3n) is 7.31. The lowest BCUT2D eigenvalue weighted by Crippen LogP contribution is -2.54. The molecule has 1 amide bonds. The van der Waals surface area contributed by atoms with Crippen LogP contribution in [0.25, 0.3) is 0 Å². The van der Waals surface area contributed by atoms with Gasteiger partial charge in [0.25, 0.3) is 5.91 Å². The van der Waals surface area contributed by atoms with Gasteiger partial charge >= 0.3 is 0 Å². The first-order valence-electron chi connectivity index (χ1n) is 11.0. The lowest BCUT2D eigenvalue weighted by Gasteiger charge is -2.42. The average Bonchev–Trinajstić information content (AvgIpc) is 3.39. The molecule has 31 heavy (non-hydrogen) atoms. The Kier molecular flexibility index (Phi) is 4.17. The van der Waals surface area contributed by atoms with Crippen molar-refractivity contribution in [3.05, 3.63) is 59.7 Å². The van der Waals surface area contributed by atoms with Gasteiger partial charge in [-0.25, -0.2) is 0 Å². The van der Waals surface area contributed by atoms with Crippen LogP contribution in [0.15, 0.2) is 42.9 Å². The summed E-state index contributed by atoms with van der Waals surface area (Å²) < 4.78 is 12.3. The van der Waals surface area contributed by atoms with E-state index < -0.39 is 5.60 Å². The van der Waals surface area contributed by atoms with Crippen molar-refractivity contribution in [3.63, 3.8) is 0 Å². The number of amides is 1. The van der Waals surface area contributed by atoms with Gasteiger partial charge in [-0.3, -0.25) is 14.8 Å². The van der Waals surface area contributed by atoms with E-state index in [2.05, 4.69) is 16.0 Å². The van der Waals surface area contributed by atoms with Crippen molar-refractivity contribution in [1.29, 1.82) is 5.26 Å². The van der Waals surface area contributed by atoms with Gasteiger partial charge in [-0.05, 0) is 36.8 Å². The van der Waals surface area contributed by atoms with Gasteiger partial charge in [-0.15, -0.1) is 0 Å². The summed E-state index contributed by atoms with van der Waals surface area (Å²) in [5.41, 5.74) is 2.03. The van der Waals surface area contributed by atoms with Crippen LogP contribution in [0.5, 0.6) is 0 Å². The standard InChI is InChI=1S/C24H24N4O3/c25-15-23(7-8-23)17-3-1-16(2-4-17)14-30-18-11-24(12-18)22(29)28-20(5-6-21(28)31-24)19-13-26-9-10-27-19/h1-4,9-10,13,18,20-21H,5-8,11-12,14H2/t18?,20-,21+,24?/m0/s1. The number of hydrogen-bond donors (Lipinski definition) is 0. The number of benzene rings is 1. The van der Waals surface area contributed by atoms with Gasteiger partial charge in [-0.1, -0.05) is 24.3 Å². The molecular formula is C24H24N4O3. The van der Waals surface area contributed by atoms with E-state index in [1.54, 1.807) is 18.6 Å². The summed E-state index contributed by atoms with van der Waals surface area (Å²) in [5.74, 6) is 0.0705. The molecule has 1 aromatic carbocycles. The Morgan fingerprint density at radius 1 is 1.19 bits per heavy atom. The maximum atomic E-state index is 13.2. The number of hydrogen-bond acceptors (Lipinski definition) is 6. The van der Waals surface area contributed by atoms with E-state index in [1.807, 2.05) is 29.2 Å². The average molecular weight is 416 g/mol. The normalized spacial score (nSPS) is 32.5. The Hall–Kier alpha value is -2.82. The predicted octanol–water partition coefficient (Wildman–Crippen LogP) is 3.17. The second-order valence-corrected chi connectivity index (χ2v) is 9.23. The van der Waals surface area contributed by atoms with E-state index in [0.717, 1.165) is 42.5 Å². The number of nitriles is 1. The number of carbonyl (C=O) groups excluding carboxylic acids is 1. The van der Waals surface area contributed by atoms with Crippen molar-refractivity contribution in [2.75, 3.05) is 0 Å². The minimum Gasteiger partial charge on any atom is -0.373 e. The molecule has 0 radical (unpaired) electrons. The molecule has 2 saturated heterocycles. The fraction of sp³-hybridized carbons (Fsp3) is 0.500. The molecule has 1 spiro atoms. The molecule has 158 valence electrons.